The molecule has 0 saturated carbocycles. The van der Waals surface area contributed by atoms with Gasteiger partial charge in [0.1, 0.15) is 11.9 Å². The first-order valence-corrected chi connectivity index (χ1v) is 7.45. The van der Waals surface area contributed by atoms with Gasteiger partial charge in [-0.05, 0) is 42.5 Å². The van der Waals surface area contributed by atoms with E-state index in [0.29, 0.717) is 5.69 Å². The van der Waals surface area contributed by atoms with Gasteiger partial charge in [0, 0.05) is 18.4 Å². The molecule has 0 aromatic heterocycles. The second kappa shape index (κ2) is 5.81. The molecule has 0 fully saturated rings. The maximum atomic E-state index is 13.2. The van der Waals surface area contributed by atoms with Crippen molar-refractivity contribution in [2.75, 3.05) is 17.1 Å². The van der Waals surface area contributed by atoms with E-state index in [1.807, 2.05) is 0 Å². The Bertz CT molecular complexity index is 796. The molecule has 0 saturated heterocycles. The van der Waals surface area contributed by atoms with E-state index in [1.165, 1.54) is 0 Å². The first kappa shape index (κ1) is 14.8. The standard InChI is InChI=1S/C14H12FN3O2S/c1-17-11-2-4-12(5-3-11)18-21(19,20)13-6-7-14(15)10(8-13)9-16/h2-8,17-18H,1H3. The first-order valence-electron chi connectivity index (χ1n) is 5.96. The Labute approximate surface area is 122 Å². The lowest BCUT2D eigenvalue weighted by Crippen LogP contribution is -2.13. The number of halogens is 1. The molecule has 2 rings (SSSR count). The summed E-state index contributed by atoms with van der Waals surface area (Å²) < 4.78 is 39.9. The van der Waals surface area contributed by atoms with Gasteiger partial charge in [0.25, 0.3) is 10.0 Å². The number of nitrogens with zero attached hydrogens (tertiary/aromatic N) is 1. The Morgan fingerprint density at radius 1 is 1.10 bits per heavy atom. The molecule has 0 unspecified atom stereocenters. The first-order chi connectivity index (χ1) is 9.96. The fourth-order valence-electron chi connectivity index (χ4n) is 1.68. The van der Waals surface area contributed by atoms with Crippen LogP contribution in [0.3, 0.4) is 0 Å². The summed E-state index contributed by atoms with van der Waals surface area (Å²) in [6, 6.07) is 11.3. The summed E-state index contributed by atoms with van der Waals surface area (Å²) in [7, 11) is -2.12. The summed E-state index contributed by atoms with van der Waals surface area (Å²) in [6.07, 6.45) is 0. The molecule has 0 heterocycles. The lowest BCUT2D eigenvalue weighted by atomic mass is 10.2. The Kier molecular flexibility index (Phi) is 4.10. The van der Waals surface area contributed by atoms with E-state index in [9.17, 15) is 12.8 Å². The van der Waals surface area contributed by atoms with Crippen molar-refractivity contribution in [3.05, 3.63) is 53.8 Å². The Morgan fingerprint density at radius 3 is 2.29 bits per heavy atom. The number of rotatable bonds is 4. The number of hydrogen-bond acceptors (Lipinski definition) is 4. The van der Waals surface area contributed by atoms with Crippen LogP contribution in [0.1, 0.15) is 5.56 Å². The average molecular weight is 305 g/mol. The molecule has 21 heavy (non-hydrogen) atoms. The van der Waals surface area contributed by atoms with Crippen LogP contribution >= 0.6 is 0 Å². The van der Waals surface area contributed by atoms with Gasteiger partial charge in [-0.1, -0.05) is 0 Å². The summed E-state index contributed by atoms with van der Waals surface area (Å²) in [6.45, 7) is 0. The fraction of sp³-hybridized carbons (Fsp3) is 0.0714. The highest BCUT2D eigenvalue weighted by atomic mass is 32.2. The number of anilines is 2. The van der Waals surface area contributed by atoms with Crippen LogP contribution in [0.5, 0.6) is 0 Å². The minimum Gasteiger partial charge on any atom is -0.388 e. The number of nitrogens with one attached hydrogen (secondary N) is 2. The maximum absolute atomic E-state index is 13.2. The highest BCUT2D eigenvalue weighted by Crippen LogP contribution is 2.20. The van der Waals surface area contributed by atoms with Gasteiger partial charge in [0.05, 0.1) is 10.5 Å². The van der Waals surface area contributed by atoms with Crippen molar-refractivity contribution in [3.63, 3.8) is 0 Å². The molecule has 0 radical (unpaired) electrons. The third-order valence-electron chi connectivity index (χ3n) is 2.79. The van der Waals surface area contributed by atoms with E-state index < -0.39 is 15.8 Å². The lowest BCUT2D eigenvalue weighted by Gasteiger charge is -2.09. The lowest BCUT2D eigenvalue weighted by molar-refractivity contribution is 0.599. The summed E-state index contributed by atoms with van der Waals surface area (Å²) in [5.74, 6) is -0.755. The zero-order valence-corrected chi connectivity index (χ0v) is 11.9. The molecular formula is C14H12FN3O2S. The quantitative estimate of drug-likeness (QED) is 0.909. The van der Waals surface area contributed by atoms with Crippen LogP contribution in [-0.2, 0) is 10.0 Å². The molecule has 5 nitrogen and oxygen atoms in total. The Hall–Kier alpha value is -2.59. The van der Waals surface area contributed by atoms with Gasteiger partial charge in [-0.2, -0.15) is 5.26 Å². The van der Waals surface area contributed by atoms with Crippen molar-refractivity contribution in [2.24, 2.45) is 0 Å². The molecule has 0 aliphatic heterocycles. The summed E-state index contributed by atoms with van der Waals surface area (Å²) in [5.41, 5.74) is 0.895. The zero-order valence-electron chi connectivity index (χ0n) is 11.1. The van der Waals surface area contributed by atoms with Crippen LogP contribution in [0, 0.1) is 17.1 Å². The molecular weight excluding hydrogens is 293 g/mol. The second-order valence-electron chi connectivity index (χ2n) is 4.19. The van der Waals surface area contributed by atoms with Crippen LogP contribution in [0.4, 0.5) is 15.8 Å². The molecule has 0 amide bonds. The smallest absolute Gasteiger partial charge is 0.261 e. The summed E-state index contributed by atoms with van der Waals surface area (Å²) in [5, 5.41) is 11.7. The summed E-state index contributed by atoms with van der Waals surface area (Å²) >= 11 is 0. The van der Waals surface area contributed by atoms with Crippen LogP contribution in [0.15, 0.2) is 47.4 Å². The third-order valence-corrected chi connectivity index (χ3v) is 4.17. The topological polar surface area (TPSA) is 82.0 Å². The van der Waals surface area contributed by atoms with Crippen molar-refractivity contribution >= 4 is 21.4 Å². The Balaban J connectivity index is 2.31. The minimum absolute atomic E-state index is 0.168. The SMILES string of the molecule is CNc1ccc(NS(=O)(=O)c2ccc(F)c(C#N)c2)cc1. The van der Waals surface area contributed by atoms with Crippen LogP contribution in [-0.4, -0.2) is 15.5 Å². The molecule has 0 aliphatic rings. The van der Waals surface area contributed by atoms with Crippen LogP contribution in [0.25, 0.3) is 0 Å². The predicted molar refractivity (Wildman–Crippen MR) is 77.9 cm³/mol. The van der Waals surface area contributed by atoms with E-state index in [1.54, 1.807) is 37.4 Å². The zero-order chi connectivity index (χ0) is 15.5. The van der Waals surface area contributed by atoms with Crippen molar-refractivity contribution in [2.45, 2.75) is 4.90 Å². The Morgan fingerprint density at radius 2 is 1.71 bits per heavy atom. The average Bonchev–Trinajstić information content (AvgIpc) is 2.48. The monoisotopic (exact) mass is 305 g/mol. The molecule has 2 N–H and O–H groups in total. The van der Waals surface area contributed by atoms with Crippen molar-refractivity contribution in [3.8, 4) is 6.07 Å². The van der Waals surface area contributed by atoms with Gasteiger partial charge in [0.15, 0.2) is 0 Å². The van der Waals surface area contributed by atoms with E-state index in [4.69, 9.17) is 5.26 Å². The third kappa shape index (κ3) is 3.30. The number of sulfonamides is 1. The van der Waals surface area contributed by atoms with E-state index in [-0.39, 0.29) is 10.5 Å². The van der Waals surface area contributed by atoms with Crippen molar-refractivity contribution < 1.29 is 12.8 Å². The molecule has 7 heteroatoms. The van der Waals surface area contributed by atoms with E-state index in [2.05, 4.69) is 10.0 Å². The molecule has 0 aliphatic carbocycles. The molecule has 2 aromatic rings. The molecule has 108 valence electrons. The van der Waals surface area contributed by atoms with Gasteiger partial charge in [-0.25, -0.2) is 12.8 Å². The molecule has 0 atom stereocenters. The van der Waals surface area contributed by atoms with Crippen LogP contribution < -0.4 is 10.0 Å². The van der Waals surface area contributed by atoms with Gasteiger partial charge in [-0.3, -0.25) is 4.72 Å². The van der Waals surface area contributed by atoms with Gasteiger partial charge >= 0.3 is 0 Å². The molecule has 2 aromatic carbocycles. The number of benzene rings is 2. The number of hydrogen-bond donors (Lipinski definition) is 2. The van der Waals surface area contributed by atoms with Gasteiger partial charge in [-0.15, -0.1) is 0 Å². The van der Waals surface area contributed by atoms with Crippen LogP contribution in [0.2, 0.25) is 0 Å². The minimum atomic E-state index is -3.87. The fourth-order valence-corrected chi connectivity index (χ4v) is 2.76. The van der Waals surface area contributed by atoms with Gasteiger partial charge < -0.3 is 5.32 Å². The maximum Gasteiger partial charge on any atom is 0.261 e. The summed E-state index contributed by atoms with van der Waals surface area (Å²) in [4.78, 5) is -0.168. The highest BCUT2D eigenvalue weighted by molar-refractivity contribution is 7.92. The van der Waals surface area contributed by atoms with Crippen molar-refractivity contribution in [1.29, 1.82) is 5.26 Å². The normalized spacial score (nSPS) is 10.7. The second-order valence-corrected chi connectivity index (χ2v) is 5.87. The number of nitriles is 1. The molecule has 0 spiro atoms. The van der Waals surface area contributed by atoms with Crippen molar-refractivity contribution in [1.82, 2.24) is 0 Å². The molecule has 0 bridgehead atoms. The van der Waals surface area contributed by atoms with Gasteiger partial charge in [0.2, 0.25) is 0 Å². The predicted octanol–water partition coefficient (Wildman–Crippen LogP) is 2.54. The van der Waals surface area contributed by atoms with E-state index in [0.717, 1.165) is 23.9 Å². The van der Waals surface area contributed by atoms with E-state index >= 15 is 0 Å². The largest absolute Gasteiger partial charge is 0.388 e. The highest BCUT2D eigenvalue weighted by Gasteiger charge is 2.16.